The summed E-state index contributed by atoms with van der Waals surface area (Å²) in [6, 6.07) is -1.30. The van der Waals surface area contributed by atoms with E-state index in [2.05, 4.69) is 5.32 Å². The quantitative estimate of drug-likeness (QED) is 0.575. The van der Waals surface area contributed by atoms with E-state index in [1.54, 1.807) is 0 Å². The summed E-state index contributed by atoms with van der Waals surface area (Å²) in [5.41, 5.74) is 0. The fourth-order valence-electron chi connectivity index (χ4n) is 1.44. The maximum atomic E-state index is 11.8. The van der Waals surface area contributed by atoms with Crippen molar-refractivity contribution in [2.75, 3.05) is 31.7 Å². The molecule has 0 aliphatic heterocycles. The number of nitrogens with zero attached hydrogens (tertiary/aromatic N) is 1. The van der Waals surface area contributed by atoms with Gasteiger partial charge in [-0.15, -0.1) is 0 Å². The van der Waals surface area contributed by atoms with Crippen LogP contribution in [0.1, 0.15) is 19.8 Å². The second-order valence-corrected chi connectivity index (χ2v) is 4.82. The zero-order chi connectivity index (χ0) is 14.0. The molecule has 2 amide bonds. The molecule has 1 atom stereocenters. The monoisotopic (exact) mass is 278 g/mol. The number of carbonyl (C=O) groups is 2. The fourth-order valence-corrected chi connectivity index (χ4v) is 1.91. The van der Waals surface area contributed by atoms with Gasteiger partial charge in [-0.25, -0.2) is 9.59 Å². The molecule has 0 heterocycles. The Bertz CT molecular complexity index is 257. The second kappa shape index (κ2) is 10.0. The van der Waals surface area contributed by atoms with Gasteiger partial charge in [0.2, 0.25) is 0 Å². The Morgan fingerprint density at radius 1 is 1.39 bits per heavy atom. The third kappa shape index (κ3) is 6.70. The zero-order valence-electron chi connectivity index (χ0n) is 10.9. The van der Waals surface area contributed by atoms with Gasteiger partial charge in [0.1, 0.15) is 6.04 Å². The van der Waals surface area contributed by atoms with E-state index in [0.29, 0.717) is 18.7 Å². The van der Waals surface area contributed by atoms with Gasteiger partial charge >= 0.3 is 12.0 Å². The van der Waals surface area contributed by atoms with Crippen LogP contribution in [0.3, 0.4) is 0 Å². The van der Waals surface area contributed by atoms with Crippen LogP contribution in [-0.2, 0) is 4.79 Å². The van der Waals surface area contributed by atoms with Crippen molar-refractivity contribution in [1.29, 1.82) is 0 Å². The van der Waals surface area contributed by atoms with E-state index >= 15 is 0 Å². The van der Waals surface area contributed by atoms with Gasteiger partial charge in [0, 0.05) is 13.1 Å². The van der Waals surface area contributed by atoms with Gasteiger partial charge in [0.25, 0.3) is 0 Å². The van der Waals surface area contributed by atoms with Gasteiger partial charge < -0.3 is 20.4 Å². The summed E-state index contributed by atoms with van der Waals surface area (Å²) in [4.78, 5) is 24.2. The molecule has 7 heteroatoms. The number of carboxylic acids is 1. The first-order valence-electron chi connectivity index (χ1n) is 5.94. The molecule has 0 spiro atoms. The lowest BCUT2D eigenvalue weighted by Gasteiger charge is -2.24. The summed E-state index contributed by atoms with van der Waals surface area (Å²) in [5.74, 6) is -0.358. The molecular weight excluding hydrogens is 256 g/mol. The third-order valence-electron chi connectivity index (χ3n) is 2.36. The molecule has 0 rings (SSSR count). The molecule has 3 N–H and O–H groups in total. The Kier molecular flexibility index (Phi) is 9.49. The lowest BCUT2D eigenvalue weighted by atomic mass is 10.2. The molecule has 0 saturated heterocycles. The Balaban J connectivity index is 4.39. The minimum atomic E-state index is -1.03. The summed E-state index contributed by atoms with van der Waals surface area (Å²) < 4.78 is 0. The number of nitrogens with one attached hydrogen (secondary N) is 1. The predicted octanol–water partition coefficient (Wildman–Crippen LogP) is 0.607. The van der Waals surface area contributed by atoms with Crippen molar-refractivity contribution in [1.82, 2.24) is 10.2 Å². The molecule has 0 bridgehead atoms. The molecule has 0 unspecified atom stereocenters. The summed E-state index contributed by atoms with van der Waals surface area (Å²) >= 11 is 1.54. The molecule has 0 saturated carbocycles. The number of carboxylic acid groups (broad SMARTS) is 1. The molecule has 0 radical (unpaired) electrons. The largest absolute Gasteiger partial charge is 0.480 e. The molecule has 0 aromatic rings. The maximum Gasteiger partial charge on any atom is 0.326 e. The molecule has 18 heavy (non-hydrogen) atoms. The highest BCUT2D eigenvalue weighted by molar-refractivity contribution is 7.98. The zero-order valence-corrected chi connectivity index (χ0v) is 11.7. The highest BCUT2D eigenvalue weighted by atomic mass is 32.2. The normalized spacial score (nSPS) is 11.9. The van der Waals surface area contributed by atoms with Crippen LogP contribution >= 0.6 is 11.8 Å². The van der Waals surface area contributed by atoms with Crippen LogP contribution in [0.15, 0.2) is 0 Å². The summed E-state index contributed by atoms with van der Waals surface area (Å²) in [5, 5.41) is 20.3. The van der Waals surface area contributed by atoms with E-state index in [9.17, 15) is 9.59 Å². The molecule has 106 valence electrons. The van der Waals surface area contributed by atoms with Crippen LogP contribution in [0.2, 0.25) is 0 Å². The second-order valence-electron chi connectivity index (χ2n) is 3.83. The standard InChI is InChI=1S/C11H22N2O4S/c1-3-5-13(6-7-14)11(17)12-9(10(15)16)4-8-18-2/h9,14H,3-8H2,1-2H3,(H,12,17)(H,15,16)/t9-/m0/s1. The topological polar surface area (TPSA) is 89.9 Å². The van der Waals surface area contributed by atoms with Gasteiger partial charge in [0.05, 0.1) is 6.61 Å². The van der Waals surface area contributed by atoms with Gasteiger partial charge in [-0.3, -0.25) is 0 Å². The lowest BCUT2D eigenvalue weighted by molar-refractivity contribution is -0.139. The molecule has 0 aromatic carbocycles. The van der Waals surface area contributed by atoms with Crippen molar-refractivity contribution in [3.05, 3.63) is 0 Å². The smallest absolute Gasteiger partial charge is 0.326 e. The van der Waals surface area contributed by atoms with E-state index in [4.69, 9.17) is 10.2 Å². The van der Waals surface area contributed by atoms with E-state index in [0.717, 1.165) is 6.42 Å². The number of hydrogen-bond donors (Lipinski definition) is 3. The Morgan fingerprint density at radius 2 is 2.06 bits per heavy atom. The first kappa shape index (κ1) is 17.1. The number of aliphatic hydroxyl groups excluding tert-OH is 1. The number of urea groups is 1. The first-order valence-corrected chi connectivity index (χ1v) is 7.34. The molecule has 0 aliphatic carbocycles. The van der Waals surface area contributed by atoms with Crippen molar-refractivity contribution in [2.45, 2.75) is 25.8 Å². The van der Waals surface area contributed by atoms with E-state index < -0.39 is 18.0 Å². The minimum absolute atomic E-state index is 0.129. The average molecular weight is 278 g/mol. The van der Waals surface area contributed by atoms with Crippen LogP contribution < -0.4 is 5.32 Å². The van der Waals surface area contributed by atoms with Crippen molar-refractivity contribution >= 4 is 23.8 Å². The SMILES string of the molecule is CCCN(CCO)C(=O)N[C@@H](CCSC)C(=O)O. The van der Waals surface area contributed by atoms with E-state index in [1.165, 1.54) is 16.7 Å². The molecule has 0 aromatic heterocycles. The molecule has 6 nitrogen and oxygen atoms in total. The number of amides is 2. The maximum absolute atomic E-state index is 11.8. The van der Waals surface area contributed by atoms with E-state index in [-0.39, 0.29) is 13.2 Å². The summed E-state index contributed by atoms with van der Waals surface area (Å²) in [7, 11) is 0. The number of rotatable bonds is 9. The molecular formula is C11H22N2O4S. The van der Waals surface area contributed by atoms with Crippen molar-refractivity contribution in [2.24, 2.45) is 0 Å². The number of thioether (sulfide) groups is 1. The van der Waals surface area contributed by atoms with Crippen LogP contribution in [-0.4, -0.2) is 64.9 Å². The highest BCUT2D eigenvalue weighted by Gasteiger charge is 2.22. The Morgan fingerprint density at radius 3 is 2.50 bits per heavy atom. The molecule has 0 aliphatic rings. The van der Waals surface area contributed by atoms with Crippen LogP contribution in [0, 0.1) is 0 Å². The van der Waals surface area contributed by atoms with Gasteiger partial charge in [0.15, 0.2) is 0 Å². The number of carbonyl (C=O) groups excluding carboxylic acids is 1. The number of hydrogen-bond acceptors (Lipinski definition) is 4. The van der Waals surface area contributed by atoms with Gasteiger partial charge in [-0.1, -0.05) is 6.92 Å². The van der Waals surface area contributed by atoms with Crippen molar-refractivity contribution in [3.63, 3.8) is 0 Å². The number of aliphatic carboxylic acids is 1. The Labute approximate surface area is 112 Å². The van der Waals surface area contributed by atoms with Gasteiger partial charge in [-0.2, -0.15) is 11.8 Å². The average Bonchev–Trinajstić information content (AvgIpc) is 2.33. The summed E-state index contributed by atoms with van der Waals surface area (Å²) in [6.07, 6.45) is 3.03. The Hall–Kier alpha value is -0.950. The van der Waals surface area contributed by atoms with Gasteiger partial charge in [-0.05, 0) is 24.9 Å². The fraction of sp³-hybridized carbons (Fsp3) is 0.818. The highest BCUT2D eigenvalue weighted by Crippen LogP contribution is 2.02. The predicted molar refractivity (Wildman–Crippen MR) is 71.9 cm³/mol. The first-order chi connectivity index (χ1) is 8.56. The van der Waals surface area contributed by atoms with Crippen LogP contribution in [0.5, 0.6) is 0 Å². The van der Waals surface area contributed by atoms with Crippen LogP contribution in [0.4, 0.5) is 4.79 Å². The summed E-state index contributed by atoms with van der Waals surface area (Å²) in [6.45, 7) is 2.51. The van der Waals surface area contributed by atoms with Crippen molar-refractivity contribution in [3.8, 4) is 0 Å². The number of aliphatic hydroxyl groups is 1. The van der Waals surface area contributed by atoms with Crippen LogP contribution in [0.25, 0.3) is 0 Å². The van der Waals surface area contributed by atoms with E-state index in [1.807, 2.05) is 13.2 Å². The molecule has 0 fully saturated rings. The lowest BCUT2D eigenvalue weighted by Crippen LogP contribution is -2.49. The third-order valence-corrected chi connectivity index (χ3v) is 3.00. The minimum Gasteiger partial charge on any atom is -0.480 e. The van der Waals surface area contributed by atoms with Crippen molar-refractivity contribution < 1.29 is 19.8 Å².